The number of amides is 2. The third-order valence-electron chi connectivity index (χ3n) is 2.64. The summed E-state index contributed by atoms with van der Waals surface area (Å²) in [6, 6.07) is 6.92. The fourth-order valence-electron chi connectivity index (χ4n) is 1.44. The minimum atomic E-state index is -0.933. The standard InChI is InChI=1S/C13H17ClN2O3/c1-9(12(17)18)7-15-13(19)16(2)8-10-4-3-5-11(14)6-10/h3-6,9H,7-8H2,1-2H3,(H,15,19)(H,17,18). The van der Waals surface area contributed by atoms with Crippen molar-refractivity contribution in [1.82, 2.24) is 10.2 Å². The van der Waals surface area contributed by atoms with E-state index in [0.717, 1.165) is 5.56 Å². The van der Waals surface area contributed by atoms with Crippen LogP contribution in [-0.2, 0) is 11.3 Å². The van der Waals surface area contributed by atoms with E-state index in [0.29, 0.717) is 11.6 Å². The van der Waals surface area contributed by atoms with Crippen LogP contribution < -0.4 is 5.32 Å². The Kier molecular flexibility index (Phi) is 5.63. The van der Waals surface area contributed by atoms with Crippen LogP contribution in [0.3, 0.4) is 0 Å². The summed E-state index contributed by atoms with van der Waals surface area (Å²) in [6.07, 6.45) is 0. The normalized spacial score (nSPS) is 11.7. The molecule has 0 aliphatic carbocycles. The van der Waals surface area contributed by atoms with Gasteiger partial charge in [-0.3, -0.25) is 4.79 Å². The first-order chi connectivity index (χ1) is 8.90. The number of halogens is 1. The molecule has 0 radical (unpaired) electrons. The van der Waals surface area contributed by atoms with Crippen molar-refractivity contribution in [3.05, 3.63) is 34.9 Å². The molecule has 0 spiro atoms. The Hall–Kier alpha value is -1.75. The van der Waals surface area contributed by atoms with E-state index < -0.39 is 11.9 Å². The zero-order valence-electron chi connectivity index (χ0n) is 10.9. The first-order valence-electron chi connectivity index (χ1n) is 5.86. The van der Waals surface area contributed by atoms with Gasteiger partial charge in [0.05, 0.1) is 5.92 Å². The smallest absolute Gasteiger partial charge is 0.317 e. The van der Waals surface area contributed by atoms with Gasteiger partial charge in [0.2, 0.25) is 0 Å². The van der Waals surface area contributed by atoms with Gasteiger partial charge in [-0.2, -0.15) is 0 Å². The summed E-state index contributed by atoms with van der Waals surface area (Å²) in [5.74, 6) is -1.54. The van der Waals surface area contributed by atoms with Gasteiger partial charge in [-0.15, -0.1) is 0 Å². The zero-order chi connectivity index (χ0) is 14.4. The van der Waals surface area contributed by atoms with Gasteiger partial charge in [0.25, 0.3) is 0 Å². The Bertz CT molecular complexity index is 465. The molecule has 0 aromatic heterocycles. The van der Waals surface area contributed by atoms with Crippen LogP contribution in [0.25, 0.3) is 0 Å². The molecule has 19 heavy (non-hydrogen) atoms. The molecule has 0 bridgehead atoms. The van der Waals surface area contributed by atoms with Crippen molar-refractivity contribution in [2.45, 2.75) is 13.5 Å². The number of hydrogen-bond donors (Lipinski definition) is 2. The van der Waals surface area contributed by atoms with Crippen molar-refractivity contribution in [3.63, 3.8) is 0 Å². The molecule has 1 aromatic carbocycles. The van der Waals surface area contributed by atoms with Crippen LogP contribution in [0, 0.1) is 5.92 Å². The SMILES string of the molecule is CC(CNC(=O)N(C)Cc1cccc(Cl)c1)C(=O)O. The van der Waals surface area contributed by atoms with E-state index in [9.17, 15) is 9.59 Å². The minimum Gasteiger partial charge on any atom is -0.481 e. The molecule has 6 heteroatoms. The Balaban J connectivity index is 2.47. The number of urea groups is 1. The summed E-state index contributed by atoms with van der Waals surface area (Å²) < 4.78 is 0. The maximum Gasteiger partial charge on any atom is 0.317 e. The second kappa shape index (κ2) is 6.99. The molecule has 1 aromatic rings. The number of carbonyl (C=O) groups excluding carboxylic acids is 1. The van der Waals surface area contributed by atoms with Crippen LogP contribution in [0.2, 0.25) is 5.02 Å². The third kappa shape index (κ3) is 5.18. The van der Waals surface area contributed by atoms with Crippen LogP contribution in [0.15, 0.2) is 24.3 Å². The second-order valence-corrected chi connectivity index (χ2v) is 4.85. The van der Waals surface area contributed by atoms with Gasteiger partial charge in [-0.05, 0) is 17.7 Å². The number of hydrogen-bond acceptors (Lipinski definition) is 2. The van der Waals surface area contributed by atoms with E-state index in [2.05, 4.69) is 5.32 Å². The van der Waals surface area contributed by atoms with Gasteiger partial charge in [0, 0.05) is 25.2 Å². The van der Waals surface area contributed by atoms with Gasteiger partial charge in [-0.25, -0.2) is 4.79 Å². The number of nitrogens with one attached hydrogen (secondary N) is 1. The number of rotatable bonds is 5. The highest BCUT2D eigenvalue weighted by molar-refractivity contribution is 6.30. The number of carboxylic acid groups (broad SMARTS) is 1. The van der Waals surface area contributed by atoms with E-state index in [1.54, 1.807) is 26.1 Å². The lowest BCUT2D eigenvalue weighted by Gasteiger charge is -2.19. The van der Waals surface area contributed by atoms with Crippen molar-refractivity contribution in [2.24, 2.45) is 5.92 Å². The predicted octanol–water partition coefficient (Wildman–Crippen LogP) is 2.20. The summed E-state index contributed by atoms with van der Waals surface area (Å²) in [5, 5.41) is 11.9. The molecule has 0 saturated carbocycles. The molecule has 2 N–H and O–H groups in total. The van der Waals surface area contributed by atoms with Crippen molar-refractivity contribution in [3.8, 4) is 0 Å². The lowest BCUT2D eigenvalue weighted by atomic mass is 10.2. The van der Waals surface area contributed by atoms with Crippen LogP contribution in [0.4, 0.5) is 4.79 Å². The highest BCUT2D eigenvalue weighted by Crippen LogP contribution is 2.12. The van der Waals surface area contributed by atoms with Crippen molar-refractivity contribution in [2.75, 3.05) is 13.6 Å². The van der Waals surface area contributed by atoms with Gasteiger partial charge in [0.1, 0.15) is 0 Å². The number of carboxylic acids is 1. The Morgan fingerprint density at radius 1 is 1.47 bits per heavy atom. The molecule has 1 unspecified atom stereocenters. The summed E-state index contributed by atoms with van der Waals surface area (Å²) in [6.45, 7) is 2.06. The van der Waals surface area contributed by atoms with Crippen molar-refractivity contribution in [1.29, 1.82) is 0 Å². The summed E-state index contributed by atoms with van der Waals surface area (Å²) in [5.41, 5.74) is 0.913. The van der Waals surface area contributed by atoms with Crippen LogP contribution >= 0.6 is 11.6 Å². The highest BCUT2D eigenvalue weighted by Gasteiger charge is 2.14. The molecule has 0 saturated heterocycles. The number of benzene rings is 1. The predicted molar refractivity (Wildman–Crippen MR) is 73.1 cm³/mol. The average molecular weight is 285 g/mol. The first-order valence-corrected chi connectivity index (χ1v) is 6.24. The van der Waals surface area contributed by atoms with Crippen LogP contribution in [0.5, 0.6) is 0 Å². The molecular weight excluding hydrogens is 268 g/mol. The number of carbonyl (C=O) groups is 2. The van der Waals surface area contributed by atoms with Crippen molar-refractivity contribution < 1.29 is 14.7 Å². The summed E-state index contributed by atoms with van der Waals surface area (Å²) in [4.78, 5) is 23.9. The molecule has 0 fully saturated rings. The van der Waals surface area contributed by atoms with E-state index in [-0.39, 0.29) is 12.6 Å². The van der Waals surface area contributed by atoms with Gasteiger partial charge < -0.3 is 15.3 Å². The molecule has 5 nitrogen and oxygen atoms in total. The minimum absolute atomic E-state index is 0.105. The first kappa shape index (κ1) is 15.3. The Labute approximate surface area is 117 Å². The quantitative estimate of drug-likeness (QED) is 0.871. The highest BCUT2D eigenvalue weighted by atomic mass is 35.5. The Morgan fingerprint density at radius 2 is 2.16 bits per heavy atom. The van der Waals surface area contributed by atoms with E-state index in [1.807, 2.05) is 12.1 Å². The molecule has 1 atom stereocenters. The topological polar surface area (TPSA) is 69.6 Å². The van der Waals surface area contributed by atoms with Crippen LogP contribution in [0.1, 0.15) is 12.5 Å². The summed E-state index contributed by atoms with van der Waals surface area (Å²) in [7, 11) is 1.64. The molecule has 0 heterocycles. The fraction of sp³-hybridized carbons (Fsp3) is 0.385. The molecule has 1 rings (SSSR count). The lowest BCUT2D eigenvalue weighted by molar-refractivity contribution is -0.140. The molecular formula is C13H17ClN2O3. The van der Waals surface area contributed by atoms with Crippen LogP contribution in [-0.4, -0.2) is 35.6 Å². The maximum absolute atomic E-state index is 11.7. The van der Waals surface area contributed by atoms with E-state index in [4.69, 9.17) is 16.7 Å². The largest absolute Gasteiger partial charge is 0.481 e. The van der Waals surface area contributed by atoms with Gasteiger partial charge in [-0.1, -0.05) is 30.7 Å². The third-order valence-corrected chi connectivity index (χ3v) is 2.87. The van der Waals surface area contributed by atoms with E-state index >= 15 is 0 Å². The second-order valence-electron chi connectivity index (χ2n) is 4.41. The summed E-state index contributed by atoms with van der Waals surface area (Å²) >= 11 is 5.86. The van der Waals surface area contributed by atoms with Gasteiger partial charge >= 0.3 is 12.0 Å². The average Bonchev–Trinajstić information content (AvgIpc) is 2.35. The maximum atomic E-state index is 11.7. The van der Waals surface area contributed by atoms with E-state index in [1.165, 1.54) is 4.90 Å². The molecule has 0 aliphatic rings. The Morgan fingerprint density at radius 3 is 2.74 bits per heavy atom. The number of nitrogens with zero attached hydrogens (tertiary/aromatic N) is 1. The fourth-order valence-corrected chi connectivity index (χ4v) is 1.66. The molecule has 0 aliphatic heterocycles. The molecule has 2 amide bonds. The monoisotopic (exact) mass is 284 g/mol. The van der Waals surface area contributed by atoms with Crippen molar-refractivity contribution >= 4 is 23.6 Å². The van der Waals surface area contributed by atoms with Gasteiger partial charge in [0.15, 0.2) is 0 Å². The zero-order valence-corrected chi connectivity index (χ0v) is 11.6. The molecule has 104 valence electrons. The number of aliphatic carboxylic acids is 1. The lowest BCUT2D eigenvalue weighted by Crippen LogP contribution is -2.40.